The van der Waals surface area contributed by atoms with Gasteiger partial charge in [0.05, 0.1) is 22.8 Å². The molecule has 3 amide bonds. The van der Waals surface area contributed by atoms with E-state index in [-0.39, 0.29) is 35.3 Å². The Morgan fingerprint density at radius 3 is 2.45 bits per heavy atom. The Labute approximate surface area is 229 Å². The number of anilines is 2. The fraction of sp³-hybridized carbons (Fsp3) is 0.296. The highest BCUT2D eigenvalue weighted by molar-refractivity contribution is 8.26. The van der Waals surface area contributed by atoms with Crippen LogP contribution < -0.4 is 15.0 Å². The molecule has 0 spiro atoms. The molecular weight excluding hydrogens is 526 g/mol. The van der Waals surface area contributed by atoms with Crippen LogP contribution in [-0.2, 0) is 19.2 Å². The number of carboxylic acid groups (broad SMARTS) is 1. The number of thioether (sulfide) groups is 1. The fourth-order valence-electron chi connectivity index (χ4n) is 4.27. The molecule has 1 saturated heterocycles. The molecule has 2 N–H and O–H groups in total. The molecule has 0 radical (unpaired) electrons. The smallest absolute Gasteiger partial charge is 0.303 e. The van der Waals surface area contributed by atoms with E-state index >= 15 is 0 Å². The van der Waals surface area contributed by atoms with Crippen molar-refractivity contribution in [2.45, 2.75) is 32.6 Å². The molecule has 0 unspecified atom stereocenters. The molecule has 2 aromatic rings. The minimum atomic E-state index is -0.850. The second-order valence-electron chi connectivity index (χ2n) is 8.65. The third-order valence-electron chi connectivity index (χ3n) is 6.02. The largest absolute Gasteiger partial charge is 0.494 e. The summed E-state index contributed by atoms with van der Waals surface area (Å²) in [5, 5.41) is 11.6. The van der Waals surface area contributed by atoms with Gasteiger partial charge in [-0.05, 0) is 50.1 Å². The second kappa shape index (κ2) is 12.2. The van der Waals surface area contributed by atoms with Gasteiger partial charge in [0.15, 0.2) is 0 Å². The predicted octanol–water partition coefficient (Wildman–Crippen LogP) is 4.29. The number of nitrogens with one attached hydrogen (secondary N) is 1. The first kappa shape index (κ1) is 27.3. The standard InChI is InChI=1S/C27H27N3O6S2/c1-2-36-18-13-11-17(12-14-18)28-21(31)16-30-20-9-6-5-8-19(20)23(25(30)34)24-26(35)29(27(37)38-24)15-7-3-4-10-22(32)33/h5-6,8-9,11-14H,2-4,7,10,15-16H2,1H3,(H,28,31)(H,32,33)/b24-23+. The normalized spacial score (nSPS) is 16.7. The zero-order valence-corrected chi connectivity index (χ0v) is 22.4. The average Bonchev–Trinajstić information content (AvgIpc) is 3.32. The highest BCUT2D eigenvalue weighted by Gasteiger charge is 2.42. The lowest BCUT2D eigenvalue weighted by molar-refractivity contribution is -0.137. The molecule has 11 heteroatoms. The number of fused-ring (bicyclic) bond motifs is 1. The highest BCUT2D eigenvalue weighted by atomic mass is 32.2. The van der Waals surface area contributed by atoms with Crippen molar-refractivity contribution in [2.75, 3.05) is 29.9 Å². The number of rotatable bonds is 11. The Balaban J connectivity index is 1.49. The van der Waals surface area contributed by atoms with E-state index in [2.05, 4.69) is 5.32 Å². The van der Waals surface area contributed by atoms with Crippen molar-refractivity contribution in [3.63, 3.8) is 0 Å². The van der Waals surface area contributed by atoms with Gasteiger partial charge in [-0.15, -0.1) is 0 Å². The van der Waals surface area contributed by atoms with Crippen molar-refractivity contribution in [3.05, 3.63) is 59.0 Å². The SMILES string of the molecule is CCOc1ccc(NC(=O)CN2C(=O)/C(=C3/SC(=S)N(CCCCCC(=O)O)C3=O)c3ccccc32)cc1. The van der Waals surface area contributed by atoms with Crippen LogP contribution in [0.2, 0.25) is 0 Å². The van der Waals surface area contributed by atoms with Crippen molar-refractivity contribution >= 4 is 68.9 Å². The summed E-state index contributed by atoms with van der Waals surface area (Å²) in [6.07, 6.45) is 1.85. The third kappa shape index (κ3) is 6.05. The number of carbonyl (C=O) groups is 4. The maximum absolute atomic E-state index is 13.6. The first-order chi connectivity index (χ1) is 18.3. The summed E-state index contributed by atoms with van der Waals surface area (Å²) in [5.74, 6) is -1.33. The van der Waals surface area contributed by atoms with E-state index in [1.165, 1.54) is 9.80 Å². The molecule has 0 saturated carbocycles. The summed E-state index contributed by atoms with van der Waals surface area (Å²) in [4.78, 5) is 53.5. The third-order valence-corrected chi connectivity index (χ3v) is 7.47. The van der Waals surface area contributed by atoms with Gasteiger partial charge in [0.25, 0.3) is 11.8 Å². The van der Waals surface area contributed by atoms with Crippen molar-refractivity contribution in [1.82, 2.24) is 4.90 Å². The van der Waals surface area contributed by atoms with Crippen LogP contribution >= 0.6 is 24.0 Å². The van der Waals surface area contributed by atoms with E-state index in [9.17, 15) is 19.2 Å². The summed E-state index contributed by atoms with van der Waals surface area (Å²) < 4.78 is 5.77. The minimum absolute atomic E-state index is 0.0791. The van der Waals surface area contributed by atoms with Crippen LogP contribution in [0.3, 0.4) is 0 Å². The van der Waals surface area contributed by atoms with Crippen LogP contribution in [0.4, 0.5) is 11.4 Å². The maximum Gasteiger partial charge on any atom is 0.303 e. The molecule has 38 heavy (non-hydrogen) atoms. The van der Waals surface area contributed by atoms with Gasteiger partial charge < -0.3 is 15.2 Å². The van der Waals surface area contributed by atoms with E-state index in [4.69, 9.17) is 22.1 Å². The summed E-state index contributed by atoms with van der Waals surface area (Å²) in [7, 11) is 0. The number of ether oxygens (including phenoxy) is 1. The molecule has 2 heterocycles. The van der Waals surface area contributed by atoms with Crippen molar-refractivity contribution in [1.29, 1.82) is 0 Å². The predicted molar refractivity (Wildman–Crippen MR) is 150 cm³/mol. The number of unbranched alkanes of at least 4 members (excludes halogenated alkanes) is 2. The van der Waals surface area contributed by atoms with Gasteiger partial charge in [-0.2, -0.15) is 0 Å². The lowest BCUT2D eigenvalue weighted by atomic mass is 10.1. The summed E-state index contributed by atoms with van der Waals surface area (Å²) >= 11 is 6.50. The van der Waals surface area contributed by atoms with Crippen molar-refractivity contribution < 1.29 is 29.0 Å². The Morgan fingerprint density at radius 1 is 1.00 bits per heavy atom. The van der Waals surface area contributed by atoms with E-state index in [1.54, 1.807) is 48.5 Å². The molecule has 4 rings (SSSR count). The number of benzene rings is 2. The Morgan fingerprint density at radius 2 is 1.74 bits per heavy atom. The van der Waals surface area contributed by atoms with E-state index in [0.717, 1.165) is 11.8 Å². The zero-order chi connectivity index (χ0) is 27.2. The molecule has 2 aliphatic rings. The van der Waals surface area contributed by atoms with Gasteiger partial charge in [0.1, 0.15) is 16.6 Å². The second-order valence-corrected chi connectivity index (χ2v) is 10.3. The van der Waals surface area contributed by atoms with Crippen LogP contribution in [0.5, 0.6) is 5.75 Å². The number of carbonyl (C=O) groups excluding carboxylic acids is 3. The van der Waals surface area contributed by atoms with Gasteiger partial charge in [0.2, 0.25) is 5.91 Å². The number of aliphatic carboxylic acids is 1. The molecule has 198 valence electrons. The number of thiocarbonyl (C=S) groups is 1. The van der Waals surface area contributed by atoms with Crippen molar-refractivity contribution in [2.24, 2.45) is 0 Å². The number of carboxylic acids is 1. The van der Waals surface area contributed by atoms with Crippen LogP contribution in [0.1, 0.15) is 38.2 Å². The summed E-state index contributed by atoms with van der Waals surface area (Å²) in [5.41, 5.74) is 1.93. The van der Waals surface area contributed by atoms with Gasteiger partial charge in [-0.1, -0.05) is 48.6 Å². The number of amides is 3. The molecule has 0 aliphatic carbocycles. The van der Waals surface area contributed by atoms with E-state index < -0.39 is 11.9 Å². The molecule has 9 nitrogen and oxygen atoms in total. The maximum atomic E-state index is 13.6. The quantitative estimate of drug-likeness (QED) is 0.241. The average molecular weight is 554 g/mol. The summed E-state index contributed by atoms with van der Waals surface area (Å²) in [6, 6.07) is 14.0. The van der Waals surface area contributed by atoms with Gasteiger partial charge in [-0.3, -0.25) is 29.0 Å². The topological polar surface area (TPSA) is 116 Å². The van der Waals surface area contributed by atoms with Crippen LogP contribution in [0.25, 0.3) is 5.57 Å². The molecule has 2 aliphatic heterocycles. The molecule has 2 aromatic carbocycles. The minimum Gasteiger partial charge on any atom is -0.494 e. The monoisotopic (exact) mass is 553 g/mol. The van der Waals surface area contributed by atoms with Crippen LogP contribution in [0.15, 0.2) is 53.4 Å². The number of hydrogen-bond acceptors (Lipinski definition) is 7. The lowest BCUT2D eigenvalue weighted by Gasteiger charge is -2.17. The van der Waals surface area contributed by atoms with Gasteiger partial charge >= 0.3 is 5.97 Å². The van der Waals surface area contributed by atoms with Gasteiger partial charge in [-0.25, -0.2) is 0 Å². The first-order valence-corrected chi connectivity index (χ1v) is 13.5. The zero-order valence-electron chi connectivity index (χ0n) is 20.8. The Kier molecular flexibility index (Phi) is 8.80. The molecule has 0 atom stereocenters. The van der Waals surface area contributed by atoms with E-state index in [0.29, 0.717) is 59.4 Å². The van der Waals surface area contributed by atoms with Crippen molar-refractivity contribution in [3.8, 4) is 5.75 Å². The van der Waals surface area contributed by atoms with Crippen LogP contribution in [-0.4, -0.2) is 57.7 Å². The fourth-order valence-corrected chi connectivity index (χ4v) is 5.65. The molecular formula is C27H27N3O6S2. The van der Waals surface area contributed by atoms with E-state index in [1.807, 2.05) is 6.92 Å². The Bertz CT molecular complexity index is 1310. The lowest BCUT2D eigenvalue weighted by Crippen LogP contribution is -2.35. The van der Waals surface area contributed by atoms with Crippen LogP contribution in [0, 0.1) is 0 Å². The van der Waals surface area contributed by atoms with Gasteiger partial charge in [0, 0.05) is 24.2 Å². The highest BCUT2D eigenvalue weighted by Crippen LogP contribution is 2.44. The Hall–Kier alpha value is -3.70. The molecule has 0 aromatic heterocycles. The number of nitrogens with zero attached hydrogens (tertiary/aromatic N) is 2. The molecule has 0 bridgehead atoms. The molecule has 1 fully saturated rings. The number of para-hydroxylation sites is 1. The number of hydrogen-bond donors (Lipinski definition) is 2. The summed E-state index contributed by atoms with van der Waals surface area (Å²) in [6.45, 7) is 2.55. The first-order valence-electron chi connectivity index (χ1n) is 12.2.